The lowest BCUT2D eigenvalue weighted by Gasteiger charge is -2.20. The first-order valence-electron chi connectivity index (χ1n) is 12.4. The number of para-hydroxylation sites is 1. The minimum atomic E-state index is -0.205. The van der Waals surface area contributed by atoms with Gasteiger partial charge in [-0.1, -0.05) is 78.0 Å². The molecular formula is C27H42N4O2. The van der Waals surface area contributed by atoms with Crippen molar-refractivity contribution < 1.29 is 9.59 Å². The second-order valence-electron chi connectivity index (χ2n) is 9.84. The predicted octanol–water partition coefficient (Wildman–Crippen LogP) is 6.02. The third kappa shape index (κ3) is 8.02. The third-order valence-electron chi connectivity index (χ3n) is 5.90. The van der Waals surface area contributed by atoms with E-state index in [4.69, 9.17) is 5.10 Å². The van der Waals surface area contributed by atoms with Crippen LogP contribution in [0.2, 0.25) is 0 Å². The average molecular weight is 455 g/mol. The molecule has 0 spiro atoms. The fraction of sp³-hybridized carbons (Fsp3) is 0.593. The lowest BCUT2D eigenvalue weighted by Crippen LogP contribution is -2.38. The van der Waals surface area contributed by atoms with Gasteiger partial charge in [0.05, 0.1) is 17.9 Å². The van der Waals surface area contributed by atoms with E-state index < -0.39 is 0 Å². The van der Waals surface area contributed by atoms with E-state index in [1.54, 1.807) is 9.58 Å². The Kier molecular flexibility index (Phi) is 10.1. The molecule has 0 aliphatic carbocycles. The van der Waals surface area contributed by atoms with E-state index in [1.165, 1.54) is 25.7 Å². The van der Waals surface area contributed by atoms with Crippen LogP contribution in [0.15, 0.2) is 30.3 Å². The van der Waals surface area contributed by atoms with E-state index in [-0.39, 0.29) is 23.8 Å². The normalized spacial score (nSPS) is 11.5. The first-order chi connectivity index (χ1) is 15.7. The zero-order valence-electron chi connectivity index (χ0n) is 21.4. The molecule has 1 aromatic carbocycles. The number of rotatable bonds is 12. The van der Waals surface area contributed by atoms with Gasteiger partial charge in [0.2, 0.25) is 11.8 Å². The van der Waals surface area contributed by atoms with Crippen LogP contribution in [0.4, 0.5) is 5.82 Å². The van der Waals surface area contributed by atoms with Gasteiger partial charge in [-0.15, -0.1) is 0 Å². The molecule has 0 atom stereocenters. The Hall–Kier alpha value is -2.63. The molecule has 0 radical (unpaired) electrons. The molecule has 2 aromatic rings. The first kappa shape index (κ1) is 26.6. The molecule has 0 fully saturated rings. The molecule has 33 heavy (non-hydrogen) atoms. The maximum absolute atomic E-state index is 12.9. The van der Waals surface area contributed by atoms with Gasteiger partial charge < -0.3 is 10.2 Å². The molecule has 1 N–H and O–H groups in total. The second-order valence-corrected chi connectivity index (χ2v) is 9.84. The third-order valence-corrected chi connectivity index (χ3v) is 5.90. The standard InChI is InChI=1S/C27H42N4O2/c1-7-9-10-11-12-13-18-26(33)30(8-2)20-25(32)28-24-19-23(27(4,5)6)29-31(24)22-17-15-14-16-21(22)3/h14-17,19H,7-13,18,20H2,1-6H3,(H,28,32). The topological polar surface area (TPSA) is 67.2 Å². The quantitative estimate of drug-likeness (QED) is 0.399. The molecule has 2 amide bonds. The zero-order valence-corrected chi connectivity index (χ0v) is 21.4. The smallest absolute Gasteiger partial charge is 0.245 e. The Balaban J connectivity index is 2.06. The number of carbonyl (C=O) groups excluding carboxylic acids is 2. The van der Waals surface area contributed by atoms with Crippen LogP contribution in [0.1, 0.15) is 90.8 Å². The van der Waals surface area contributed by atoms with Gasteiger partial charge in [-0.3, -0.25) is 9.59 Å². The molecule has 0 unspecified atom stereocenters. The lowest BCUT2D eigenvalue weighted by molar-refractivity contribution is -0.134. The van der Waals surface area contributed by atoms with Gasteiger partial charge in [0.1, 0.15) is 5.82 Å². The predicted molar refractivity (Wildman–Crippen MR) is 136 cm³/mol. The van der Waals surface area contributed by atoms with Crippen molar-refractivity contribution in [2.75, 3.05) is 18.4 Å². The summed E-state index contributed by atoms with van der Waals surface area (Å²) in [4.78, 5) is 27.2. The van der Waals surface area contributed by atoms with Crippen molar-refractivity contribution in [2.24, 2.45) is 0 Å². The molecule has 0 bridgehead atoms. The molecule has 2 rings (SSSR count). The molecule has 6 nitrogen and oxygen atoms in total. The van der Waals surface area contributed by atoms with Crippen LogP contribution in [0.3, 0.4) is 0 Å². The summed E-state index contributed by atoms with van der Waals surface area (Å²) in [7, 11) is 0. The number of unbranched alkanes of at least 4 members (excludes halogenated alkanes) is 5. The van der Waals surface area contributed by atoms with E-state index in [0.717, 1.165) is 29.8 Å². The van der Waals surface area contributed by atoms with Crippen LogP contribution in [0.5, 0.6) is 0 Å². The highest BCUT2D eigenvalue weighted by molar-refractivity contribution is 5.94. The van der Waals surface area contributed by atoms with Crippen molar-refractivity contribution in [3.05, 3.63) is 41.6 Å². The second kappa shape index (κ2) is 12.6. The Morgan fingerprint density at radius 1 is 1.03 bits per heavy atom. The van der Waals surface area contributed by atoms with E-state index in [2.05, 4.69) is 33.0 Å². The summed E-state index contributed by atoms with van der Waals surface area (Å²) in [6.07, 6.45) is 7.34. The van der Waals surface area contributed by atoms with Gasteiger partial charge >= 0.3 is 0 Å². The van der Waals surface area contributed by atoms with E-state index in [1.807, 2.05) is 44.2 Å². The van der Waals surface area contributed by atoms with Crippen LogP contribution in [0, 0.1) is 6.92 Å². The molecule has 1 aromatic heterocycles. The number of nitrogens with zero attached hydrogens (tertiary/aromatic N) is 3. The minimum absolute atomic E-state index is 0.0472. The maximum Gasteiger partial charge on any atom is 0.245 e. The largest absolute Gasteiger partial charge is 0.334 e. The number of nitrogens with one attached hydrogen (secondary N) is 1. The summed E-state index contributed by atoms with van der Waals surface area (Å²) in [5, 5.41) is 7.80. The highest BCUT2D eigenvalue weighted by Crippen LogP contribution is 2.27. The van der Waals surface area contributed by atoms with Gasteiger partial charge in [-0.25, -0.2) is 4.68 Å². The van der Waals surface area contributed by atoms with Gasteiger partial charge in [0.15, 0.2) is 0 Å². The van der Waals surface area contributed by atoms with E-state index in [9.17, 15) is 9.59 Å². The van der Waals surface area contributed by atoms with Crippen LogP contribution < -0.4 is 5.32 Å². The van der Waals surface area contributed by atoms with Gasteiger partial charge in [-0.2, -0.15) is 5.10 Å². The van der Waals surface area contributed by atoms with Crippen LogP contribution in [-0.2, 0) is 15.0 Å². The Morgan fingerprint density at radius 3 is 2.33 bits per heavy atom. The van der Waals surface area contributed by atoms with Crippen molar-refractivity contribution in [1.29, 1.82) is 0 Å². The molecule has 0 saturated heterocycles. The van der Waals surface area contributed by atoms with Crippen LogP contribution in [0.25, 0.3) is 5.69 Å². The first-order valence-corrected chi connectivity index (χ1v) is 12.4. The number of aromatic nitrogens is 2. The Morgan fingerprint density at radius 2 is 1.70 bits per heavy atom. The monoisotopic (exact) mass is 454 g/mol. The molecule has 0 saturated carbocycles. The number of anilines is 1. The number of hydrogen-bond acceptors (Lipinski definition) is 3. The van der Waals surface area contributed by atoms with E-state index >= 15 is 0 Å². The summed E-state index contributed by atoms with van der Waals surface area (Å²) < 4.78 is 1.79. The van der Waals surface area contributed by atoms with Crippen molar-refractivity contribution in [2.45, 2.75) is 91.9 Å². The van der Waals surface area contributed by atoms with Gasteiger partial charge in [0.25, 0.3) is 0 Å². The molecule has 182 valence electrons. The molecule has 0 aliphatic rings. The average Bonchev–Trinajstić information content (AvgIpc) is 3.18. The lowest BCUT2D eigenvalue weighted by atomic mass is 9.92. The van der Waals surface area contributed by atoms with Crippen LogP contribution >= 0.6 is 0 Å². The van der Waals surface area contributed by atoms with Gasteiger partial charge in [0, 0.05) is 24.4 Å². The van der Waals surface area contributed by atoms with Crippen molar-refractivity contribution in [3.8, 4) is 5.69 Å². The number of aryl methyl sites for hydroxylation is 1. The van der Waals surface area contributed by atoms with Crippen molar-refractivity contribution in [1.82, 2.24) is 14.7 Å². The number of likely N-dealkylation sites (N-methyl/N-ethyl adjacent to an activating group) is 1. The Labute approximate surface area is 199 Å². The van der Waals surface area contributed by atoms with Crippen LogP contribution in [-0.4, -0.2) is 39.6 Å². The SMILES string of the molecule is CCCCCCCCC(=O)N(CC)CC(=O)Nc1cc(C(C)(C)C)nn1-c1ccccc1C. The fourth-order valence-electron chi connectivity index (χ4n) is 3.77. The Bertz CT molecular complexity index is 911. The number of hydrogen-bond donors (Lipinski definition) is 1. The highest BCUT2D eigenvalue weighted by Gasteiger charge is 2.23. The van der Waals surface area contributed by atoms with E-state index in [0.29, 0.717) is 18.8 Å². The molecular weight excluding hydrogens is 412 g/mol. The fourth-order valence-corrected chi connectivity index (χ4v) is 3.77. The van der Waals surface area contributed by atoms with Crippen molar-refractivity contribution >= 4 is 17.6 Å². The van der Waals surface area contributed by atoms with Crippen molar-refractivity contribution in [3.63, 3.8) is 0 Å². The minimum Gasteiger partial charge on any atom is -0.334 e. The molecule has 6 heteroatoms. The van der Waals surface area contributed by atoms with Gasteiger partial charge in [-0.05, 0) is 31.9 Å². The molecule has 0 aliphatic heterocycles. The number of carbonyl (C=O) groups is 2. The maximum atomic E-state index is 12.9. The summed E-state index contributed by atoms with van der Waals surface area (Å²) in [6.45, 7) is 13.0. The summed E-state index contributed by atoms with van der Waals surface area (Å²) in [6, 6.07) is 9.90. The highest BCUT2D eigenvalue weighted by atomic mass is 16.2. The number of amides is 2. The summed E-state index contributed by atoms with van der Waals surface area (Å²) in [5.74, 6) is 0.466. The molecule has 1 heterocycles. The summed E-state index contributed by atoms with van der Waals surface area (Å²) in [5.41, 5.74) is 2.74. The zero-order chi connectivity index (χ0) is 24.4. The summed E-state index contributed by atoms with van der Waals surface area (Å²) >= 11 is 0. The number of benzene rings is 1.